The summed E-state index contributed by atoms with van der Waals surface area (Å²) < 4.78 is 38.6. The first kappa shape index (κ1) is 23.7. The van der Waals surface area contributed by atoms with Gasteiger partial charge in [0.05, 0.1) is 19.2 Å². The van der Waals surface area contributed by atoms with Crippen LogP contribution in [-0.4, -0.2) is 62.9 Å². The maximum Gasteiger partial charge on any atom is 0.340 e. The number of nitrogens with zero attached hydrogens (tertiary/aromatic N) is 2. The Bertz CT molecular complexity index is 1150. The van der Waals surface area contributed by atoms with Crippen LogP contribution in [0.1, 0.15) is 46.1 Å². The summed E-state index contributed by atoms with van der Waals surface area (Å²) >= 11 is 1.06. The van der Waals surface area contributed by atoms with Crippen molar-refractivity contribution in [3.05, 3.63) is 45.8 Å². The van der Waals surface area contributed by atoms with E-state index in [0.717, 1.165) is 35.5 Å². The van der Waals surface area contributed by atoms with Crippen LogP contribution in [0.3, 0.4) is 0 Å². The molecular formula is C23H28N2O6S2. The number of rotatable bonds is 7. The zero-order valence-corrected chi connectivity index (χ0v) is 20.6. The second-order valence-electron chi connectivity index (χ2n) is 8.27. The van der Waals surface area contributed by atoms with Gasteiger partial charge in [0.2, 0.25) is 0 Å². The molecule has 1 amide bonds. The summed E-state index contributed by atoms with van der Waals surface area (Å²) in [7, 11) is -1.09. The quantitative estimate of drug-likeness (QED) is 0.552. The molecule has 178 valence electrons. The van der Waals surface area contributed by atoms with Crippen molar-refractivity contribution in [2.24, 2.45) is 0 Å². The molecule has 0 N–H and O–H groups in total. The van der Waals surface area contributed by atoms with Crippen LogP contribution in [0.2, 0.25) is 0 Å². The van der Waals surface area contributed by atoms with Crippen LogP contribution in [0.5, 0.6) is 5.75 Å². The average molecular weight is 493 g/mol. The van der Waals surface area contributed by atoms with E-state index in [1.165, 1.54) is 18.5 Å². The van der Waals surface area contributed by atoms with Gasteiger partial charge in [-0.25, -0.2) is 17.5 Å². The number of ether oxygens (including phenoxy) is 2. The molecule has 0 saturated carbocycles. The summed E-state index contributed by atoms with van der Waals surface area (Å²) in [5.41, 5.74) is 1.77. The molecule has 0 saturated heterocycles. The van der Waals surface area contributed by atoms with Crippen molar-refractivity contribution in [2.75, 3.05) is 27.2 Å². The molecule has 1 unspecified atom stereocenters. The van der Waals surface area contributed by atoms with Gasteiger partial charge in [-0.1, -0.05) is 31.5 Å². The zero-order chi connectivity index (χ0) is 23.8. The highest BCUT2D eigenvalue weighted by Crippen LogP contribution is 2.38. The molecular weight excluding hydrogens is 464 g/mol. The lowest BCUT2D eigenvalue weighted by Crippen LogP contribution is -2.43. The smallest absolute Gasteiger partial charge is 0.340 e. The number of para-hydroxylation sites is 1. The highest BCUT2D eigenvalue weighted by Gasteiger charge is 2.39. The Kier molecular flexibility index (Phi) is 6.78. The molecule has 3 heterocycles. The number of carbonyl (C=O) groups excluding carboxylic acids is 2. The standard InChI is InChI=1S/C23H28N2O6S2/c1-4-5-11-24(2)33(28,29)23-20(22(27)30-3)16-10-12-25(14-19(16)32-23)21(26)18-13-15-8-6-7-9-17(15)31-18/h6-9,18H,4-5,10-14H2,1-3H3. The molecule has 0 bridgehead atoms. The fraction of sp³-hybridized carbons (Fsp3) is 0.478. The monoisotopic (exact) mass is 492 g/mol. The first-order chi connectivity index (χ1) is 15.8. The SMILES string of the molecule is CCCCN(C)S(=O)(=O)c1sc2c(c1C(=O)OC)CCN(C(=O)C1Cc3ccccc3O1)C2. The van der Waals surface area contributed by atoms with Gasteiger partial charge in [-0.2, -0.15) is 0 Å². The molecule has 8 nitrogen and oxygen atoms in total. The molecule has 0 radical (unpaired) electrons. The summed E-state index contributed by atoms with van der Waals surface area (Å²) in [6.07, 6.45) is 1.89. The Hall–Kier alpha value is -2.43. The van der Waals surface area contributed by atoms with Gasteiger partial charge in [0, 0.05) is 31.4 Å². The van der Waals surface area contributed by atoms with Gasteiger partial charge in [0.25, 0.3) is 15.9 Å². The zero-order valence-electron chi connectivity index (χ0n) is 19.0. The minimum atomic E-state index is -3.86. The number of carbonyl (C=O) groups is 2. The van der Waals surface area contributed by atoms with Crippen LogP contribution in [0.15, 0.2) is 28.5 Å². The molecule has 2 aliphatic heterocycles. The number of methoxy groups -OCH3 is 1. The largest absolute Gasteiger partial charge is 0.480 e. The van der Waals surface area contributed by atoms with Gasteiger partial charge < -0.3 is 14.4 Å². The van der Waals surface area contributed by atoms with Crippen LogP contribution in [0.25, 0.3) is 0 Å². The molecule has 10 heteroatoms. The van der Waals surface area contributed by atoms with Crippen LogP contribution in [0, 0.1) is 0 Å². The maximum absolute atomic E-state index is 13.3. The topological polar surface area (TPSA) is 93.2 Å². The number of benzene rings is 1. The van der Waals surface area contributed by atoms with Crippen LogP contribution < -0.4 is 4.74 Å². The Morgan fingerprint density at radius 1 is 1.30 bits per heavy atom. The highest BCUT2D eigenvalue weighted by molar-refractivity contribution is 7.91. The minimum Gasteiger partial charge on any atom is -0.480 e. The first-order valence-electron chi connectivity index (χ1n) is 11.0. The van der Waals surface area contributed by atoms with Crippen molar-refractivity contribution in [1.29, 1.82) is 0 Å². The molecule has 1 atom stereocenters. The van der Waals surface area contributed by atoms with Gasteiger partial charge in [-0.15, -0.1) is 11.3 Å². The number of sulfonamides is 1. The predicted octanol–water partition coefficient (Wildman–Crippen LogP) is 2.84. The van der Waals surface area contributed by atoms with E-state index in [0.29, 0.717) is 36.4 Å². The second-order valence-corrected chi connectivity index (χ2v) is 11.6. The average Bonchev–Trinajstić information content (AvgIpc) is 3.43. The molecule has 4 rings (SSSR count). The van der Waals surface area contributed by atoms with E-state index in [-0.39, 0.29) is 22.2 Å². The van der Waals surface area contributed by atoms with E-state index in [1.54, 1.807) is 4.90 Å². The van der Waals surface area contributed by atoms with Crippen molar-refractivity contribution in [2.45, 2.75) is 49.5 Å². The van der Waals surface area contributed by atoms with E-state index in [1.807, 2.05) is 31.2 Å². The van der Waals surface area contributed by atoms with Crippen molar-refractivity contribution >= 4 is 33.2 Å². The molecule has 0 spiro atoms. The first-order valence-corrected chi connectivity index (χ1v) is 13.3. The summed E-state index contributed by atoms with van der Waals surface area (Å²) in [6.45, 7) is 2.98. The van der Waals surface area contributed by atoms with Gasteiger partial charge in [-0.3, -0.25) is 4.79 Å². The molecule has 1 aromatic carbocycles. The van der Waals surface area contributed by atoms with Crippen LogP contribution >= 0.6 is 11.3 Å². The third-order valence-corrected chi connectivity index (χ3v) is 9.69. The Balaban J connectivity index is 1.60. The van der Waals surface area contributed by atoms with Crippen molar-refractivity contribution < 1.29 is 27.5 Å². The highest BCUT2D eigenvalue weighted by atomic mass is 32.2. The number of hydrogen-bond donors (Lipinski definition) is 0. The fourth-order valence-corrected chi connectivity index (χ4v) is 7.52. The van der Waals surface area contributed by atoms with Crippen LogP contribution in [0.4, 0.5) is 0 Å². The summed E-state index contributed by atoms with van der Waals surface area (Å²) in [5.74, 6) is -0.0696. The molecule has 2 aliphatic rings. The number of unbranched alkanes of at least 4 members (excludes halogenated alkanes) is 1. The lowest BCUT2D eigenvalue weighted by Gasteiger charge is -2.29. The fourth-order valence-electron chi connectivity index (χ4n) is 4.22. The lowest BCUT2D eigenvalue weighted by atomic mass is 10.0. The third kappa shape index (κ3) is 4.39. The van der Waals surface area contributed by atoms with Crippen molar-refractivity contribution in [3.63, 3.8) is 0 Å². The summed E-state index contributed by atoms with van der Waals surface area (Å²) in [5, 5.41) is 0. The predicted molar refractivity (Wildman–Crippen MR) is 124 cm³/mol. The van der Waals surface area contributed by atoms with Gasteiger partial charge in [0.15, 0.2) is 6.10 Å². The lowest BCUT2D eigenvalue weighted by molar-refractivity contribution is -0.138. The Morgan fingerprint density at radius 3 is 2.76 bits per heavy atom. The molecule has 0 aliphatic carbocycles. The number of hydrogen-bond acceptors (Lipinski definition) is 7. The van der Waals surface area contributed by atoms with Gasteiger partial charge in [-0.05, 0) is 30.0 Å². The van der Waals surface area contributed by atoms with Crippen molar-refractivity contribution in [1.82, 2.24) is 9.21 Å². The van der Waals surface area contributed by atoms with Gasteiger partial charge >= 0.3 is 5.97 Å². The number of esters is 1. The van der Waals surface area contributed by atoms with Crippen molar-refractivity contribution in [3.8, 4) is 5.75 Å². The summed E-state index contributed by atoms with van der Waals surface area (Å²) in [6, 6.07) is 7.59. The Labute approximate surface area is 198 Å². The molecule has 1 aromatic heterocycles. The third-order valence-electron chi connectivity index (χ3n) is 6.12. The number of fused-ring (bicyclic) bond motifs is 2. The number of amides is 1. The van der Waals surface area contributed by atoms with E-state index >= 15 is 0 Å². The molecule has 33 heavy (non-hydrogen) atoms. The molecule has 0 fully saturated rings. The normalized spacial score (nSPS) is 17.5. The van der Waals surface area contributed by atoms with E-state index in [4.69, 9.17) is 9.47 Å². The van der Waals surface area contributed by atoms with Gasteiger partial charge in [0.1, 0.15) is 9.96 Å². The maximum atomic E-state index is 13.3. The minimum absolute atomic E-state index is 0.00299. The Morgan fingerprint density at radius 2 is 2.06 bits per heavy atom. The van der Waals surface area contributed by atoms with E-state index < -0.39 is 22.1 Å². The second kappa shape index (κ2) is 9.44. The van der Waals surface area contributed by atoms with E-state index in [9.17, 15) is 18.0 Å². The van der Waals surface area contributed by atoms with E-state index in [2.05, 4.69) is 0 Å². The summed E-state index contributed by atoms with van der Waals surface area (Å²) in [4.78, 5) is 28.2. The van der Waals surface area contributed by atoms with Crippen LogP contribution in [-0.2, 0) is 38.9 Å². The number of thiophene rings is 1. The molecule has 2 aromatic rings.